The summed E-state index contributed by atoms with van der Waals surface area (Å²) in [5, 5.41) is 6.57. The molecule has 2 saturated heterocycles. The van der Waals surface area contributed by atoms with Crippen molar-refractivity contribution in [2.75, 3.05) is 26.2 Å². The van der Waals surface area contributed by atoms with Crippen molar-refractivity contribution in [2.45, 2.75) is 59.3 Å². The van der Waals surface area contributed by atoms with Crippen LogP contribution in [-0.4, -0.2) is 26.2 Å². The molecule has 180 valence electrons. The van der Waals surface area contributed by atoms with E-state index in [9.17, 15) is 0 Å². The SMILES string of the molecule is C1CCNCC1.C1CCNCC1.Cc1ccccc1.Cc1ccccc1.Cc1ccccc1. The third kappa shape index (κ3) is 20.0. The van der Waals surface area contributed by atoms with Crippen LogP contribution in [0, 0.1) is 20.8 Å². The summed E-state index contributed by atoms with van der Waals surface area (Å²) >= 11 is 0. The van der Waals surface area contributed by atoms with Crippen molar-refractivity contribution in [3.8, 4) is 0 Å². The third-order valence-corrected chi connectivity index (χ3v) is 5.24. The van der Waals surface area contributed by atoms with Gasteiger partial charge in [-0.1, -0.05) is 121 Å². The summed E-state index contributed by atoms with van der Waals surface area (Å²) in [6.45, 7) is 11.3. The molecule has 0 unspecified atom stereocenters. The molecule has 0 radical (unpaired) electrons. The number of piperidine rings is 2. The van der Waals surface area contributed by atoms with Crippen molar-refractivity contribution in [3.05, 3.63) is 108 Å². The van der Waals surface area contributed by atoms with Gasteiger partial charge in [0, 0.05) is 0 Å². The Hall–Kier alpha value is -2.42. The molecule has 0 spiro atoms. The zero-order chi connectivity index (χ0) is 23.8. The van der Waals surface area contributed by atoms with Gasteiger partial charge >= 0.3 is 0 Å². The molecule has 5 rings (SSSR count). The van der Waals surface area contributed by atoms with Crippen molar-refractivity contribution >= 4 is 0 Å². The van der Waals surface area contributed by atoms with E-state index in [-0.39, 0.29) is 0 Å². The maximum atomic E-state index is 3.28. The lowest BCUT2D eigenvalue weighted by molar-refractivity contribution is 0.520. The third-order valence-electron chi connectivity index (χ3n) is 5.24. The van der Waals surface area contributed by atoms with E-state index in [1.165, 1.54) is 81.4 Å². The molecular weight excluding hydrogens is 400 g/mol. The number of hydrogen-bond acceptors (Lipinski definition) is 2. The zero-order valence-electron chi connectivity index (χ0n) is 21.2. The predicted octanol–water partition coefficient (Wildman–Crippen LogP) is 7.50. The highest BCUT2D eigenvalue weighted by atomic mass is 14.9. The molecular formula is C31H46N2. The van der Waals surface area contributed by atoms with Crippen LogP contribution in [0.5, 0.6) is 0 Å². The van der Waals surface area contributed by atoms with E-state index in [0.29, 0.717) is 0 Å². The van der Waals surface area contributed by atoms with E-state index in [1.54, 1.807) is 0 Å². The normalized spacial score (nSPS) is 14.3. The van der Waals surface area contributed by atoms with E-state index >= 15 is 0 Å². The molecule has 3 aromatic carbocycles. The van der Waals surface area contributed by atoms with E-state index in [2.05, 4.69) is 67.8 Å². The fraction of sp³-hybridized carbons (Fsp3) is 0.419. The summed E-state index contributed by atoms with van der Waals surface area (Å²) in [4.78, 5) is 0. The lowest BCUT2D eigenvalue weighted by atomic mass is 10.2. The summed E-state index contributed by atoms with van der Waals surface area (Å²) < 4.78 is 0. The summed E-state index contributed by atoms with van der Waals surface area (Å²) in [5.74, 6) is 0. The molecule has 2 nitrogen and oxygen atoms in total. The topological polar surface area (TPSA) is 24.1 Å². The predicted molar refractivity (Wildman–Crippen MR) is 147 cm³/mol. The van der Waals surface area contributed by atoms with Crippen LogP contribution in [-0.2, 0) is 0 Å². The number of hydrogen-bond donors (Lipinski definition) is 2. The molecule has 2 heteroatoms. The Bertz CT molecular complexity index is 625. The molecule has 0 saturated carbocycles. The van der Waals surface area contributed by atoms with Gasteiger partial charge in [0.05, 0.1) is 0 Å². The van der Waals surface area contributed by atoms with Crippen LogP contribution < -0.4 is 10.6 Å². The molecule has 2 N–H and O–H groups in total. The minimum Gasteiger partial charge on any atom is -0.317 e. The van der Waals surface area contributed by atoms with Crippen LogP contribution in [0.4, 0.5) is 0 Å². The second kappa shape index (κ2) is 21.4. The van der Waals surface area contributed by atoms with Crippen LogP contribution in [0.1, 0.15) is 55.2 Å². The number of rotatable bonds is 0. The van der Waals surface area contributed by atoms with Gasteiger partial charge in [-0.2, -0.15) is 0 Å². The van der Waals surface area contributed by atoms with Crippen LogP contribution >= 0.6 is 0 Å². The Morgan fingerprint density at radius 1 is 0.364 bits per heavy atom. The van der Waals surface area contributed by atoms with E-state index < -0.39 is 0 Å². The minimum absolute atomic E-state index is 1.25. The molecule has 0 atom stereocenters. The van der Waals surface area contributed by atoms with Gasteiger partial charge in [0.1, 0.15) is 0 Å². The Morgan fingerprint density at radius 3 is 0.697 bits per heavy atom. The summed E-state index contributed by atoms with van der Waals surface area (Å²) in [6.07, 6.45) is 8.43. The first kappa shape index (κ1) is 28.6. The van der Waals surface area contributed by atoms with Gasteiger partial charge in [-0.25, -0.2) is 0 Å². The van der Waals surface area contributed by atoms with E-state index in [4.69, 9.17) is 0 Å². The molecule has 2 heterocycles. The highest BCUT2D eigenvalue weighted by molar-refractivity contribution is 5.13. The van der Waals surface area contributed by atoms with Crippen LogP contribution in [0.15, 0.2) is 91.0 Å². The average molecular weight is 447 g/mol. The molecule has 33 heavy (non-hydrogen) atoms. The lowest BCUT2D eigenvalue weighted by Gasteiger charge is -2.08. The fourth-order valence-electron chi connectivity index (χ4n) is 3.21. The van der Waals surface area contributed by atoms with Gasteiger partial charge in [-0.15, -0.1) is 0 Å². The van der Waals surface area contributed by atoms with Gasteiger partial charge < -0.3 is 10.6 Å². The first-order valence-corrected chi connectivity index (χ1v) is 12.6. The summed E-state index contributed by atoms with van der Waals surface area (Å²) in [7, 11) is 0. The summed E-state index contributed by atoms with van der Waals surface area (Å²) in [6, 6.07) is 30.8. The van der Waals surface area contributed by atoms with E-state index in [0.717, 1.165) is 0 Å². The molecule has 0 amide bonds. The Labute approximate surface area is 203 Å². The van der Waals surface area contributed by atoms with Gasteiger partial charge in [0.2, 0.25) is 0 Å². The van der Waals surface area contributed by atoms with Crippen molar-refractivity contribution < 1.29 is 0 Å². The molecule has 0 aliphatic carbocycles. The molecule has 0 bridgehead atoms. The van der Waals surface area contributed by atoms with Gasteiger partial charge in [0.25, 0.3) is 0 Å². The first-order valence-electron chi connectivity index (χ1n) is 12.6. The number of benzene rings is 3. The van der Waals surface area contributed by atoms with Crippen molar-refractivity contribution in [1.82, 2.24) is 10.6 Å². The van der Waals surface area contributed by atoms with Crippen molar-refractivity contribution in [1.29, 1.82) is 0 Å². The van der Waals surface area contributed by atoms with Crippen molar-refractivity contribution in [3.63, 3.8) is 0 Å². The highest BCUT2D eigenvalue weighted by Gasteiger charge is 1.94. The Kier molecular flexibility index (Phi) is 18.6. The monoisotopic (exact) mass is 446 g/mol. The molecule has 0 aromatic heterocycles. The standard InChI is InChI=1S/3C7H8.2C5H11N/c3*1-7-5-3-2-4-6-7;2*1-2-4-6-5-3-1/h3*2-6H,1H3;2*6H,1-5H2. The lowest BCUT2D eigenvalue weighted by Crippen LogP contribution is -2.21. The molecule has 2 aliphatic heterocycles. The molecule has 3 aromatic rings. The maximum Gasteiger partial charge on any atom is -0.00489 e. The zero-order valence-corrected chi connectivity index (χ0v) is 21.2. The number of nitrogens with one attached hydrogen (secondary N) is 2. The maximum absolute atomic E-state index is 3.28. The summed E-state index contributed by atoms with van der Waals surface area (Å²) in [5.41, 5.74) is 3.97. The van der Waals surface area contributed by atoms with Crippen LogP contribution in [0.25, 0.3) is 0 Å². The second-order valence-electron chi connectivity index (χ2n) is 8.59. The Balaban J connectivity index is 0.000000207. The fourth-order valence-corrected chi connectivity index (χ4v) is 3.21. The Morgan fingerprint density at radius 2 is 0.606 bits per heavy atom. The molecule has 2 aliphatic rings. The van der Waals surface area contributed by atoms with Gasteiger partial charge in [-0.3, -0.25) is 0 Å². The van der Waals surface area contributed by atoms with Crippen LogP contribution in [0.3, 0.4) is 0 Å². The van der Waals surface area contributed by atoms with E-state index in [1.807, 2.05) is 54.6 Å². The smallest absolute Gasteiger partial charge is 0.00489 e. The number of aryl methyl sites for hydroxylation is 3. The highest BCUT2D eigenvalue weighted by Crippen LogP contribution is 1.97. The van der Waals surface area contributed by atoms with Gasteiger partial charge in [-0.05, 0) is 72.6 Å². The van der Waals surface area contributed by atoms with Gasteiger partial charge in [0.15, 0.2) is 0 Å². The quantitative estimate of drug-likeness (QED) is 0.373. The van der Waals surface area contributed by atoms with Crippen molar-refractivity contribution in [2.24, 2.45) is 0 Å². The molecule has 2 fully saturated rings. The first-order chi connectivity index (χ1) is 16.2. The second-order valence-corrected chi connectivity index (χ2v) is 8.59. The largest absolute Gasteiger partial charge is 0.317 e. The minimum atomic E-state index is 1.25. The average Bonchev–Trinajstić information content (AvgIpc) is 2.89. The van der Waals surface area contributed by atoms with Crippen LogP contribution in [0.2, 0.25) is 0 Å².